The molecule has 0 atom stereocenters. The van der Waals surface area contributed by atoms with Crippen LogP contribution in [-0.2, 0) is 13.0 Å². The molecule has 0 aliphatic carbocycles. The van der Waals surface area contributed by atoms with E-state index >= 15 is 0 Å². The van der Waals surface area contributed by atoms with Crippen LogP contribution in [0.1, 0.15) is 15.9 Å². The van der Waals surface area contributed by atoms with Crippen LogP contribution in [0.4, 0.5) is 0 Å². The quantitative estimate of drug-likeness (QED) is 0.704. The van der Waals surface area contributed by atoms with Gasteiger partial charge in [0, 0.05) is 12.1 Å². The molecule has 0 spiro atoms. The van der Waals surface area contributed by atoms with Gasteiger partial charge in [-0.3, -0.25) is 9.67 Å². The van der Waals surface area contributed by atoms with Crippen LogP contribution in [0.15, 0.2) is 54.6 Å². The molecule has 2 N–H and O–H groups in total. The van der Waals surface area contributed by atoms with E-state index in [1.807, 2.05) is 47.0 Å². The van der Waals surface area contributed by atoms with Crippen molar-refractivity contribution in [1.82, 2.24) is 14.8 Å². The first kappa shape index (κ1) is 15.2. The van der Waals surface area contributed by atoms with Crippen LogP contribution in [0.25, 0.3) is 11.4 Å². The number of carbonyl (C=O) groups is 1. The van der Waals surface area contributed by atoms with Crippen LogP contribution in [0.5, 0.6) is 0 Å². The van der Waals surface area contributed by atoms with Crippen LogP contribution in [0, 0.1) is 4.77 Å². The zero-order valence-corrected chi connectivity index (χ0v) is 13.1. The van der Waals surface area contributed by atoms with Gasteiger partial charge in [-0.15, -0.1) is 0 Å². The Morgan fingerprint density at radius 1 is 1.13 bits per heavy atom. The van der Waals surface area contributed by atoms with Crippen molar-refractivity contribution in [1.29, 1.82) is 0 Å². The Morgan fingerprint density at radius 2 is 1.83 bits per heavy atom. The lowest BCUT2D eigenvalue weighted by Crippen LogP contribution is -2.08. The summed E-state index contributed by atoms with van der Waals surface area (Å²) in [5.41, 5.74) is 2.07. The van der Waals surface area contributed by atoms with Crippen LogP contribution >= 0.6 is 12.2 Å². The van der Waals surface area contributed by atoms with Crippen molar-refractivity contribution in [3.8, 4) is 11.4 Å². The van der Waals surface area contributed by atoms with Crippen LogP contribution in [0.3, 0.4) is 0 Å². The van der Waals surface area contributed by atoms with Gasteiger partial charge in [-0.2, -0.15) is 5.10 Å². The number of aromatic nitrogens is 3. The van der Waals surface area contributed by atoms with E-state index in [-0.39, 0.29) is 0 Å². The summed E-state index contributed by atoms with van der Waals surface area (Å²) < 4.78 is 2.42. The fraction of sp³-hybridized carbons (Fsp3) is 0.118. The number of carboxylic acid groups (broad SMARTS) is 1. The van der Waals surface area contributed by atoms with E-state index in [2.05, 4.69) is 10.2 Å². The summed E-state index contributed by atoms with van der Waals surface area (Å²) in [4.78, 5) is 11.3. The van der Waals surface area contributed by atoms with Gasteiger partial charge < -0.3 is 5.11 Å². The van der Waals surface area contributed by atoms with Crippen LogP contribution in [0.2, 0.25) is 0 Å². The molecule has 1 aromatic heterocycles. The molecule has 23 heavy (non-hydrogen) atoms. The molecule has 2 aromatic carbocycles. The highest BCUT2D eigenvalue weighted by Gasteiger charge is 2.12. The van der Waals surface area contributed by atoms with Gasteiger partial charge in [0.05, 0.1) is 5.56 Å². The molecular weight excluding hydrogens is 310 g/mol. The maximum atomic E-state index is 11.3. The molecule has 0 saturated heterocycles. The molecule has 3 rings (SSSR count). The second kappa shape index (κ2) is 6.58. The number of aromatic amines is 1. The second-order valence-corrected chi connectivity index (χ2v) is 5.47. The number of nitrogens with zero attached hydrogens (tertiary/aromatic N) is 2. The SMILES string of the molecule is O=C(O)c1ccccc1CCn1c(-c2ccccc2)n[nH]c1=S. The Morgan fingerprint density at radius 3 is 2.57 bits per heavy atom. The minimum atomic E-state index is -0.917. The van der Waals surface area contributed by atoms with E-state index in [0.717, 1.165) is 17.0 Å². The van der Waals surface area contributed by atoms with Gasteiger partial charge >= 0.3 is 5.97 Å². The Bertz CT molecular complexity index is 884. The summed E-state index contributed by atoms with van der Waals surface area (Å²) in [6.45, 7) is 0.559. The first-order chi connectivity index (χ1) is 11.2. The summed E-state index contributed by atoms with van der Waals surface area (Å²) in [7, 11) is 0. The molecule has 0 amide bonds. The summed E-state index contributed by atoms with van der Waals surface area (Å²) >= 11 is 5.30. The number of benzene rings is 2. The average molecular weight is 325 g/mol. The van der Waals surface area contributed by atoms with Gasteiger partial charge in [0.15, 0.2) is 10.6 Å². The maximum absolute atomic E-state index is 11.3. The van der Waals surface area contributed by atoms with Crippen molar-refractivity contribution >= 4 is 18.2 Å². The summed E-state index contributed by atoms with van der Waals surface area (Å²) in [6.07, 6.45) is 0.566. The highest BCUT2D eigenvalue weighted by Crippen LogP contribution is 2.18. The third-order valence-electron chi connectivity index (χ3n) is 3.64. The lowest BCUT2D eigenvalue weighted by Gasteiger charge is -2.09. The van der Waals surface area contributed by atoms with E-state index in [9.17, 15) is 9.90 Å². The Hall–Kier alpha value is -2.73. The summed E-state index contributed by atoms with van der Waals surface area (Å²) in [6, 6.07) is 16.8. The van der Waals surface area contributed by atoms with Crippen LogP contribution < -0.4 is 0 Å². The highest BCUT2D eigenvalue weighted by atomic mass is 32.1. The number of carboxylic acids is 1. The first-order valence-corrected chi connectivity index (χ1v) is 7.59. The van der Waals surface area contributed by atoms with E-state index < -0.39 is 5.97 Å². The monoisotopic (exact) mass is 325 g/mol. The van der Waals surface area contributed by atoms with Crippen molar-refractivity contribution in [2.45, 2.75) is 13.0 Å². The number of H-pyrrole nitrogens is 1. The van der Waals surface area contributed by atoms with Gasteiger partial charge in [0.2, 0.25) is 0 Å². The molecule has 116 valence electrons. The molecule has 0 bridgehead atoms. The standard InChI is InChI=1S/C17H15N3O2S/c21-16(22)14-9-5-4-6-12(14)10-11-20-15(18-19-17(20)23)13-7-2-1-3-8-13/h1-9H,10-11H2,(H,19,23)(H,21,22). The molecule has 0 saturated carbocycles. The van der Waals surface area contributed by atoms with Crippen molar-refractivity contribution < 1.29 is 9.90 Å². The maximum Gasteiger partial charge on any atom is 0.335 e. The number of aromatic carboxylic acids is 1. The average Bonchev–Trinajstić information content (AvgIpc) is 2.94. The molecule has 6 heteroatoms. The summed E-state index contributed by atoms with van der Waals surface area (Å²) in [5, 5.41) is 16.4. The fourth-order valence-corrected chi connectivity index (χ4v) is 2.74. The van der Waals surface area contributed by atoms with Crippen LogP contribution in [-0.4, -0.2) is 25.8 Å². The zero-order chi connectivity index (χ0) is 16.2. The van der Waals surface area contributed by atoms with E-state index in [4.69, 9.17) is 12.2 Å². The molecule has 0 fully saturated rings. The zero-order valence-electron chi connectivity index (χ0n) is 12.3. The number of nitrogens with one attached hydrogen (secondary N) is 1. The van der Waals surface area contributed by atoms with Gasteiger partial charge in [-0.1, -0.05) is 48.5 Å². The highest BCUT2D eigenvalue weighted by molar-refractivity contribution is 7.71. The summed E-state index contributed by atoms with van der Waals surface area (Å²) in [5.74, 6) is -0.164. The number of hydrogen-bond donors (Lipinski definition) is 2. The predicted molar refractivity (Wildman–Crippen MR) is 90.0 cm³/mol. The minimum absolute atomic E-state index is 0.323. The van der Waals surface area contributed by atoms with E-state index in [1.54, 1.807) is 12.1 Å². The van der Waals surface area contributed by atoms with Gasteiger partial charge in [0.1, 0.15) is 0 Å². The molecule has 5 nitrogen and oxygen atoms in total. The Labute approximate surface area is 138 Å². The van der Waals surface area contributed by atoms with Gasteiger partial charge in [-0.25, -0.2) is 4.79 Å². The number of hydrogen-bond acceptors (Lipinski definition) is 3. The van der Waals surface area contributed by atoms with Gasteiger partial charge in [0.25, 0.3) is 0 Å². The smallest absolute Gasteiger partial charge is 0.335 e. The molecule has 1 heterocycles. The fourth-order valence-electron chi connectivity index (χ4n) is 2.51. The largest absolute Gasteiger partial charge is 0.478 e. The molecule has 0 unspecified atom stereocenters. The minimum Gasteiger partial charge on any atom is -0.478 e. The molecule has 0 aliphatic heterocycles. The van der Waals surface area contributed by atoms with E-state index in [0.29, 0.717) is 23.3 Å². The van der Waals surface area contributed by atoms with Gasteiger partial charge in [-0.05, 0) is 30.3 Å². The van der Waals surface area contributed by atoms with Crippen molar-refractivity contribution in [3.63, 3.8) is 0 Å². The molecular formula is C17H15N3O2S. The van der Waals surface area contributed by atoms with Crippen molar-refractivity contribution in [2.75, 3.05) is 0 Å². The Kier molecular flexibility index (Phi) is 4.34. The van der Waals surface area contributed by atoms with Crippen molar-refractivity contribution in [3.05, 3.63) is 70.5 Å². The number of rotatable bonds is 5. The van der Waals surface area contributed by atoms with Crippen molar-refractivity contribution in [2.24, 2.45) is 0 Å². The second-order valence-electron chi connectivity index (χ2n) is 5.08. The Balaban J connectivity index is 1.89. The predicted octanol–water partition coefficient (Wildman–Crippen LogP) is 3.55. The third kappa shape index (κ3) is 3.22. The molecule has 3 aromatic rings. The molecule has 0 aliphatic rings. The normalized spacial score (nSPS) is 10.6. The first-order valence-electron chi connectivity index (χ1n) is 7.18. The third-order valence-corrected chi connectivity index (χ3v) is 3.95. The topological polar surface area (TPSA) is 70.9 Å². The lowest BCUT2D eigenvalue weighted by molar-refractivity contribution is 0.0695. The van der Waals surface area contributed by atoms with E-state index in [1.165, 1.54) is 0 Å². The number of aryl methyl sites for hydroxylation is 1. The lowest BCUT2D eigenvalue weighted by atomic mass is 10.0. The molecule has 0 radical (unpaired) electrons.